The Bertz CT molecular complexity index is 264. The summed E-state index contributed by atoms with van der Waals surface area (Å²) in [5.74, 6) is 0. The van der Waals surface area contributed by atoms with Crippen LogP contribution in [0.5, 0.6) is 0 Å². The van der Waals surface area contributed by atoms with Crippen molar-refractivity contribution >= 4 is 18.2 Å². The molecule has 0 spiro atoms. The molecule has 0 bridgehead atoms. The number of carbonyl (C=O) groups is 1. The smallest absolute Gasteiger partial charge is 0.209 e. The minimum atomic E-state index is 0.0158. The Labute approximate surface area is 80.8 Å². The minimum absolute atomic E-state index is 0.0158. The minimum Gasteiger partial charge on any atom is -0.389 e. The largest absolute Gasteiger partial charge is 0.389 e. The molecular formula is C8H11N3OS. The zero-order chi connectivity index (χ0) is 9.10. The second kappa shape index (κ2) is 3.74. The zero-order valence-electron chi connectivity index (χ0n) is 6.99. The van der Waals surface area contributed by atoms with E-state index < -0.39 is 0 Å². The van der Waals surface area contributed by atoms with Crippen LogP contribution in [0.1, 0.15) is 0 Å². The van der Waals surface area contributed by atoms with Crippen molar-refractivity contribution in [2.75, 3.05) is 6.54 Å². The van der Waals surface area contributed by atoms with Crippen molar-refractivity contribution in [3.63, 3.8) is 0 Å². The number of amides is 1. The second-order valence-electron chi connectivity index (χ2n) is 2.82. The number of rotatable bonds is 2. The number of nitrogens with one attached hydrogen (secondary N) is 3. The molecule has 5 heteroatoms. The summed E-state index contributed by atoms with van der Waals surface area (Å²) in [6.07, 6.45) is 6.64. The monoisotopic (exact) mass is 197 g/mol. The molecule has 3 N–H and O–H groups in total. The maximum atomic E-state index is 10.2. The molecule has 0 saturated carbocycles. The Kier molecular flexibility index (Phi) is 2.44. The maximum absolute atomic E-state index is 10.2. The van der Waals surface area contributed by atoms with E-state index in [9.17, 15) is 4.79 Å². The third-order valence-corrected chi connectivity index (χ3v) is 3.23. The van der Waals surface area contributed by atoms with Crippen LogP contribution in [0.15, 0.2) is 24.0 Å². The lowest BCUT2D eigenvalue weighted by Crippen LogP contribution is -2.33. The van der Waals surface area contributed by atoms with Gasteiger partial charge >= 0.3 is 0 Å². The van der Waals surface area contributed by atoms with Crippen LogP contribution in [0, 0.1) is 0 Å². The van der Waals surface area contributed by atoms with E-state index in [1.807, 2.05) is 18.4 Å². The van der Waals surface area contributed by atoms with E-state index >= 15 is 0 Å². The topological polar surface area (TPSA) is 53.2 Å². The Morgan fingerprint density at radius 1 is 1.69 bits per heavy atom. The lowest BCUT2D eigenvalue weighted by Gasteiger charge is -2.07. The van der Waals surface area contributed by atoms with Crippen LogP contribution in [0.25, 0.3) is 0 Å². The van der Waals surface area contributed by atoms with Crippen molar-refractivity contribution in [3.8, 4) is 0 Å². The van der Waals surface area contributed by atoms with E-state index in [0.29, 0.717) is 5.25 Å². The molecule has 4 nitrogen and oxygen atoms in total. The van der Waals surface area contributed by atoms with Gasteiger partial charge in [-0.15, -0.1) is 11.8 Å². The van der Waals surface area contributed by atoms with E-state index in [1.54, 1.807) is 11.8 Å². The van der Waals surface area contributed by atoms with Gasteiger partial charge in [-0.05, 0) is 18.4 Å². The van der Waals surface area contributed by atoms with Gasteiger partial charge in [0.2, 0.25) is 6.41 Å². The first-order valence-corrected chi connectivity index (χ1v) is 5.06. The second-order valence-corrected chi connectivity index (χ2v) is 4.14. The first-order chi connectivity index (χ1) is 6.40. The predicted molar refractivity (Wildman–Crippen MR) is 52.7 cm³/mol. The molecule has 1 fully saturated rings. The summed E-state index contributed by atoms with van der Waals surface area (Å²) in [5.41, 5.74) is 1.19. The van der Waals surface area contributed by atoms with Crippen LogP contribution in [-0.4, -0.2) is 23.7 Å². The van der Waals surface area contributed by atoms with E-state index in [2.05, 4.69) is 16.0 Å². The number of allylic oxidation sites excluding steroid dienone is 2. The molecular weight excluding hydrogens is 186 g/mol. The number of thioether (sulfide) groups is 1. The quantitative estimate of drug-likeness (QED) is 0.533. The van der Waals surface area contributed by atoms with Crippen molar-refractivity contribution in [1.29, 1.82) is 0 Å². The fraction of sp³-hybridized carbons (Fsp3) is 0.375. The van der Waals surface area contributed by atoms with Crippen LogP contribution in [0.3, 0.4) is 0 Å². The predicted octanol–water partition coefficient (Wildman–Crippen LogP) is -0.278. The van der Waals surface area contributed by atoms with Crippen molar-refractivity contribution in [3.05, 3.63) is 24.0 Å². The molecule has 0 aromatic heterocycles. The van der Waals surface area contributed by atoms with Gasteiger partial charge in [0.05, 0.1) is 5.25 Å². The fourth-order valence-electron chi connectivity index (χ4n) is 1.37. The Balaban J connectivity index is 2.04. The lowest BCUT2D eigenvalue weighted by atomic mass is 10.3. The maximum Gasteiger partial charge on any atom is 0.209 e. The average molecular weight is 197 g/mol. The van der Waals surface area contributed by atoms with Gasteiger partial charge < -0.3 is 16.0 Å². The van der Waals surface area contributed by atoms with E-state index in [0.717, 1.165) is 13.0 Å². The van der Waals surface area contributed by atoms with Gasteiger partial charge in [0.15, 0.2) is 0 Å². The van der Waals surface area contributed by atoms with Gasteiger partial charge in [-0.3, -0.25) is 4.79 Å². The van der Waals surface area contributed by atoms with E-state index in [4.69, 9.17) is 0 Å². The summed E-state index contributed by atoms with van der Waals surface area (Å²) in [6, 6.07) is 0. The summed E-state index contributed by atoms with van der Waals surface area (Å²) in [7, 11) is 0. The molecule has 0 aliphatic carbocycles. The summed E-state index contributed by atoms with van der Waals surface area (Å²) < 4.78 is 0. The molecule has 70 valence electrons. The molecule has 13 heavy (non-hydrogen) atoms. The highest BCUT2D eigenvalue weighted by Gasteiger charge is 2.28. The summed E-state index contributed by atoms with van der Waals surface area (Å²) >= 11 is 1.71. The van der Waals surface area contributed by atoms with Gasteiger partial charge in [0.25, 0.3) is 0 Å². The van der Waals surface area contributed by atoms with E-state index in [1.165, 1.54) is 5.70 Å². The number of carbonyl (C=O) groups excluding carboxylic acids is 1. The lowest BCUT2D eigenvalue weighted by molar-refractivity contribution is -0.109. The highest BCUT2D eigenvalue weighted by molar-refractivity contribution is 8.01. The first-order valence-electron chi connectivity index (χ1n) is 4.12. The molecule has 0 aromatic carbocycles. The van der Waals surface area contributed by atoms with Gasteiger partial charge in [0.1, 0.15) is 5.50 Å². The molecule has 2 aliphatic rings. The molecule has 1 saturated heterocycles. The number of hydrogen-bond donors (Lipinski definition) is 3. The average Bonchev–Trinajstić information content (AvgIpc) is 2.37. The molecule has 0 radical (unpaired) electrons. The molecule has 1 amide bonds. The standard InChI is InChI=1S/C8H11N3OS/c12-5-10-8-11-6-2-1-3-9-4-7(6)13-8/h1-3,5,7-9,11H,4H2,(H,10,12). The van der Waals surface area contributed by atoms with Crippen molar-refractivity contribution in [1.82, 2.24) is 16.0 Å². The Morgan fingerprint density at radius 3 is 3.46 bits per heavy atom. The highest BCUT2D eigenvalue weighted by Crippen LogP contribution is 2.28. The van der Waals surface area contributed by atoms with Crippen molar-refractivity contribution < 1.29 is 4.79 Å². The molecule has 2 rings (SSSR count). The number of hydrogen-bond acceptors (Lipinski definition) is 4. The van der Waals surface area contributed by atoms with Gasteiger partial charge in [-0.1, -0.05) is 0 Å². The zero-order valence-corrected chi connectivity index (χ0v) is 7.80. The molecule has 2 heterocycles. The van der Waals surface area contributed by atoms with Crippen LogP contribution in [-0.2, 0) is 4.79 Å². The van der Waals surface area contributed by atoms with Crippen molar-refractivity contribution in [2.45, 2.75) is 10.7 Å². The van der Waals surface area contributed by atoms with Crippen LogP contribution < -0.4 is 16.0 Å². The summed E-state index contributed by atoms with van der Waals surface area (Å²) in [4.78, 5) is 10.2. The third-order valence-electron chi connectivity index (χ3n) is 1.96. The number of fused-ring (bicyclic) bond motifs is 1. The van der Waals surface area contributed by atoms with Crippen LogP contribution in [0.4, 0.5) is 0 Å². The molecule has 2 unspecified atom stereocenters. The summed E-state index contributed by atoms with van der Waals surface area (Å²) in [6.45, 7) is 0.900. The normalized spacial score (nSPS) is 30.6. The first kappa shape index (κ1) is 8.50. The van der Waals surface area contributed by atoms with E-state index in [-0.39, 0.29) is 5.50 Å². The van der Waals surface area contributed by atoms with Crippen LogP contribution >= 0.6 is 11.8 Å². The van der Waals surface area contributed by atoms with Crippen molar-refractivity contribution in [2.24, 2.45) is 0 Å². The third kappa shape index (κ3) is 1.80. The molecule has 0 aromatic rings. The van der Waals surface area contributed by atoms with Crippen LogP contribution in [0.2, 0.25) is 0 Å². The fourth-order valence-corrected chi connectivity index (χ4v) is 2.52. The SMILES string of the molecule is O=CNC1NC2=CC=CNCC2S1. The van der Waals surface area contributed by atoms with Gasteiger partial charge in [-0.25, -0.2) is 0 Å². The Morgan fingerprint density at radius 2 is 2.62 bits per heavy atom. The molecule has 2 aliphatic heterocycles. The highest BCUT2D eigenvalue weighted by atomic mass is 32.2. The Hall–Kier alpha value is -1.10. The molecule has 2 atom stereocenters. The van der Waals surface area contributed by atoms with Gasteiger partial charge in [0, 0.05) is 12.2 Å². The summed E-state index contributed by atoms with van der Waals surface area (Å²) in [5, 5.41) is 9.51. The van der Waals surface area contributed by atoms with Gasteiger partial charge in [-0.2, -0.15) is 0 Å².